The van der Waals surface area contributed by atoms with Gasteiger partial charge in [0.05, 0.1) is 15.6 Å². The van der Waals surface area contributed by atoms with Crippen LogP contribution in [0, 0.1) is 5.41 Å². The number of anilines is 1. The Morgan fingerprint density at radius 1 is 1.05 bits per heavy atom. The van der Waals surface area contributed by atoms with Gasteiger partial charge in [-0.1, -0.05) is 48.2 Å². The van der Waals surface area contributed by atoms with Crippen molar-refractivity contribution in [2.24, 2.45) is 5.41 Å². The Bertz CT molecular complexity index is 1670. The molecule has 0 radical (unpaired) electrons. The highest BCUT2D eigenvalue weighted by molar-refractivity contribution is 8.00. The number of piperidine rings is 1. The third-order valence-electron chi connectivity index (χ3n) is 8.25. The van der Waals surface area contributed by atoms with E-state index in [1.54, 1.807) is 11.8 Å². The summed E-state index contributed by atoms with van der Waals surface area (Å²) in [6.45, 7) is 7.73. The lowest BCUT2D eigenvalue weighted by atomic mass is 9.72. The summed E-state index contributed by atoms with van der Waals surface area (Å²) in [6.07, 6.45) is 10.8. The van der Waals surface area contributed by atoms with Crippen LogP contribution in [0.5, 0.6) is 0 Å². The molecule has 0 bridgehead atoms. The first-order valence-corrected chi connectivity index (χ1v) is 16.4. The normalized spacial score (nSPS) is 19.5. The number of hydrogen-bond donors (Lipinski definition) is 1. The minimum absolute atomic E-state index is 0.0400. The van der Waals surface area contributed by atoms with Gasteiger partial charge >= 0.3 is 0 Å². The lowest BCUT2D eigenvalue weighted by Gasteiger charge is -2.46. The SMILES string of the molecule is CC(C)(C)[S+]([O-])NC1CN(c2ncc(Sc3cccc4cnsc34)c3nccn23)CCC12Cc1ccccc1C2. The zero-order valence-corrected chi connectivity index (χ0v) is 25.3. The van der Waals surface area contributed by atoms with E-state index >= 15 is 0 Å². The van der Waals surface area contributed by atoms with E-state index in [9.17, 15) is 4.55 Å². The second kappa shape index (κ2) is 10.0. The van der Waals surface area contributed by atoms with Gasteiger partial charge in [-0.25, -0.2) is 9.97 Å². The minimum Gasteiger partial charge on any atom is -0.598 e. The predicted octanol–water partition coefficient (Wildman–Crippen LogP) is 5.91. The monoisotopic (exact) mass is 588 g/mol. The van der Waals surface area contributed by atoms with Crippen LogP contribution in [0.1, 0.15) is 38.3 Å². The number of rotatable bonds is 5. The van der Waals surface area contributed by atoms with Crippen molar-refractivity contribution in [3.63, 3.8) is 0 Å². The molecule has 10 heteroatoms. The highest BCUT2D eigenvalue weighted by Crippen LogP contribution is 2.46. The molecular formula is C30H32N6OS3. The first-order chi connectivity index (χ1) is 19.3. The Labute approximate surface area is 245 Å². The first-order valence-electron chi connectivity index (χ1n) is 13.6. The van der Waals surface area contributed by atoms with Gasteiger partial charge in [-0.15, -0.1) is 4.72 Å². The van der Waals surface area contributed by atoms with Crippen LogP contribution in [0.25, 0.3) is 15.7 Å². The molecule has 2 aromatic carbocycles. The van der Waals surface area contributed by atoms with Gasteiger partial charge in [0.15, 0.2) is 5.65 Å². The second-order valence-corrected chi connectivity index (χ2v) is 15.8. The van der Waals surface area contributed by atoms with Crippen molar-refractivity contribution >= 4 is 56.3 Å². The Balaban J connectivity index is 1.20. The number of nitrogens with zero attached hydrogens (tertiary/aromatic N) is 5. The van der Waals surface area contributed by atoms with Crippen LogP contribution in [0.2, 0.25) is 0 Å². The van der Waals surface area contributed by atoms with E-state index in [1.165, 1.54) is 27.4 Å². The van der Waals surface area contributed by atoms with Crippen LogP contribution in [-0.4, -0.2) is 47.2 Å². The molecule has 1 fully saturated rings. The number of fused-ring (bicyclic) bond motifs is 3. The summed E-state index contributed by atoms with van der Waals surface area (Å²) in [7, 11) is 0. The van der Waals surface area contributed by atoms with Gasteiger partial charge in [-0.05, 0) is 68.8 Å². The van der Waals surface area contributed by atoms with E-state index in [1.807, 2.05) is 45.6 Å². The van der Waals surface area contributed by atoms with E-state index in [-0.39, 0.29) is 16.2 Å². The molecule has 1 spiro atoms. The molecule has 3 aromatic heterocycles. The summed E-state index contributed by atoms with van der Waals surface area (Å²) in [5.41, 5.74) is 3.79. The zero-order chi connectivity index (χ0) is 27.5. The van der Waals surface area contributed by atoms with Crippen molar-refractivity contribution in [3.8, 4) is 0 Å². The fourth-order valence-electron chi connectivity index (χ4n) is 6.09. The molecule has 40 heavy (non-hydrogen) atoms. The summed E-state index contributed by atoms with van der Waals surface area (Å²) in [5.74, 6) is 0.881. The van der Waals surface area contributed by atoms with Gasteiger partial charge in [-0.2, -0.15) is 4.37 Å². The number of imidazole rings is 1. The van der Waals surface area contributed by atoms with E-state index in [0.29, 0.717) is 0 Å². The Kier molecular flexibility index (Phi) is 6.59. The molecule has 206 valence electrons. The Hall–Kier alpha value is -2.63. The van der Waals surface area contributed by atoms with Gasteiger partial charge in [-0.3, -0.25) is 4.40 Å². The third kappa shape index (κ3) is 4.59. The van der Waals surface area contributed by atoms with Crippen molar-refractivity contribution in [2.75, 3.05) is 18.0 Å². The predicted molar refractivity (Wildman–Crippen MR) is 165 cm³/mol. The van der Waals surface area contributed by atoms with Crippen LogP contribution in [0.15, 0.2) is 77.0 Å². The van der Waals surface area contributed by atoms with Crippen LogP contribution >= 0.6 is 23.3 Å². The standard InChI is InChI=1S/C30H32N6OS3/c1-29(2,3)40(37)34-25-19-35(13-11-30(25)15-20-7-4-5-8-21(20)16-30)28-32-18-24(27-31-12-14-36(27)28)38-23-10-6-9-22-17-33-39-26(22)23/h4-10,12,14,17-18,25,34H,11,13,15-16,19H2,1-3H3. The molecule has 0 amide bonds. The topological polar surface area (TPSA) is 81.4 Å². The smallest absolute Gasteiger partial charge is 0.211 e. The van der Waals surface area contributed by atoms with Crippen molar-refractivity contribution in [2.45, 2.75) is 60.6 Å². The summed E-state index contributed by atoms with van der Waals surface area (Å²) in [4.78, 5) is 14.2. The maximum Gasteiger partial charge on any atom is 0.211 e. The highest BCUT2D eigenvalue weighted by atomic mass is 32.2. The van der Waals surface area contributed by atoms with Crippen LogP contribution in [0.3, 0.4) is 0 Å². The Morgan fingerprint density at radius 3 is 2.62 bits per heavy atom. The van der Waals surface area contributed by atoms with E-state index in [2.05, 4.69) is 60.9 Å². The molecule has 1 N–H and O–H groups in total. The molecule has 7 rings (SSSR count). The number of hydrogen-bond acceptors (Lipinski definition) is 8. The highest BCUT2D eigenvalue weighted by Gasteiger charge is 2.50. The molecule has 1 aliphatic heterocycles. The van der Waals surface area contributed by atoms with Crippen LogP contribution in [0.4, 0.5) is 5.95 Å². The first kappa shape index (κ1) is 26.3. The quantitative estimate of drug-likeness (QED) is 0.256. The third-order valence-corrected chi connectivity index (χ3v) is 11.9. The van der Waals surface area contributed by atoms with Gasteiger partial charge in [0, 0.05) is 64.9 Å². The number of benzene rings is 2. The molecule has 2 aliphatic rings. The molecule has 0 saturated carbocycles. The van der Waals surface area contributed by atoms with Gasteiger partial charge < -0.3 is 9.45 Å². The fourth-order valence-corrected chi connectivity index (χ4v) is 8.86. The van der Waals surface area contributed by atoms with Gasteiger partial charge in [0.2, 0.25) is 5.95 Å². The summed E-state index contributed by atoms with van der Waals surface area (Å²) in [6, 6.07) is 15.2. The molecule has 7 nitrogen and oxygen atoms in total. The van der Waals surface area contributed by atoms with Gasteiger partial charge in [0.25, 0.3) is 0 Å². The van der Waals surface area contributed by atoms with Crippen molar-refractivity contribution < 1.29 is 4.55 Å². The zero-order valence-electron chi connectivity index (χ0n) is 22.8. The molecule has 4 heterocycles. The maximum atomic E-state index is 13.4. The van der Waals surface area contributed by atoms with Crippen molar-refractivity contribution in [1.82, 2.24) is 23.5 Å². The van der Waals surface area contributed by atoms with Crippen LogP contribution in [-0.2, 0) is 24.2 Å². The van der Waals surface area contributed by atoms with Crippen molar-refractivity contribution in [1.29, 1.82) is 0 Å². The molecule has 1 aliphatic carbocycles. The van der Waals surface area contributed by atoms with E-state index < -0.39 is 11.4 Å². The van der Waals surface area contributed by atoms with E-state index in [4.69, 9.17) is 9.97 Å². The molecular weight excluding hydrogens is 557 g/mol. The minimum atomic E-state index is -1.17. The summed E-state index contributed by atoms with van der Waals surface area (Å²) < 4.78 is 24.3. The average Bonchev–Trinajstić information content (AvgIpc) is 3.69. The van der Waals surface area contributed by atoms with E-state index in [0.717, 1.165) is 59.1 Å². The van der Waals surface area contributed by atoms with Crippen LogP contribution < -0.4 is 9.62 Å². The second-order valence-electron chi connectivity index (χ2n) is 11.9. The molecule has 1 saturated heterocycles. The average molecular weight is 589 g/mol. The summed E-state index contributed by atoms with van der Waals surface area (Å²) >= 11 is 2.03. The number of nitrogens with one attached hydrogen (secondary N) is 1. The fraction of sp³-hybridized carbons (Fsp3) is 0.367. The van der Waals surface area contributed by atoms with Gasteiger partial charge in [0.1, 0.15) is 4.75 Å². The molecule has 2 atom stereocenters. The Morgan fingerprint density at radius 2 is 1.85 bits per heavy atom. The molecule has 5 aromatic rings. The lowest BCUT2D eigenvalue weighted by Crippen LogP contribution is -2.61. The largest absolute Gasteiger partial charge is 0.598 e. The summed E-state index contributed by atoms with van der Waals surface area (Å²) in [5, 5.41) is 1.15. The maximum absolute atomic E-state index is 13.4. The number of aromatic nitrogens is 4. The lowest BCUT2D eigenvalue weighted by molar-refractivity contribution is 0.179. The van der Waals surface area contributed by atoms with Crippen molar-refractivity contribution in [3.05, 3.63) is 78.4 Å². The molecule has 2 unspecified atom stereocenters.